The zero-order valence-electron chi connectivity index (χ0n) is 12.0. The molecular formula is C17H21NO2. The minimum absolute atomic E-state index is 0.00913. The first-order valence-corrected chi connectivity index (χ1v) is 6.96. The molecule has 2 aromatic carbocycles. The van der Waals surface area contributed by atoms with E-state index in [1.807, 2.05) is 55.5 Å². The Morgan fingerprint density at radius 3 is 2.50 bits per heavy atom. The van der Waals surface area contributed by atoms with Gasteiger partial charge in [0.2, 0.25) is 0 Å². The zero-order valence-corrected chi connectivity index (χ0v) is 12.0. The van der Waals surface area contributed by atoms with Crippen LogP contribution < -0.4 is 15.2 Å². The van der Waals surface area contributed by atoms with Crippen LogP contribution in [0.25, 0.3) is 0 Å². The molecule has 0 amide bonds. The molecule has 0 aliphatic heterocycles. The van der Waals surface area contributed by atoms with E-state index < -0.39 is 0 Å². The summed E-state index contributed by atoms with van der Waals surface area (Å²) < 4.78 is 11.6. The van der Waals surface area contributed by atoms with E-state index in [9.17, 15) is 0 Å². The minimum Gasteiger partial charge on any atom is -0.490 e. The van der Waals surface area contributed by atoms with Crippen LogP contribution in [0.15, 0.2) is 48.5 Å². The topological polar surface area (TPSA) is 44.5 Å². The van der Waals surface area contributed by atoms with Gasteiger partial charge < -0.3 is 15.2 Å². The molecule has 0 spiro atoms. The molecule has 2 aromatic rings. The Bertz CT molecular complexity index is 552. The van der Waals surface area contributed by atoms with E-state index in [4.69, 9.17) is 15.2 Å². The third-order valence-corrected chi connectivity index (χ3v) is 2.92. The maximum atomic E-state index is 5.92. The molecule has 106 valence electrons. The van der Waals surface area contributed by atoms with Gasteiger partial charge in [-0.15, -0.1) is 0 Å². The van der Waals surface area contributed by atoms with Gasteiger partial charge in [-0.05, 0) is 43.2 Å². The molecule has 0 bridgehead atoms. The number of ether oxygens (including phenoxy) is 2. The lowest BCUT2D eigenvalue weighted by Gasteiger charge is -2.13. The third-order valence-electron chi connectivity index (χ3n) is 2.92. The second-order valence-electron chi connectivity index (χ2n) is 4.76. The van der Waals surface area contributed by atoms with Gasteiger partial charge in [-0.25, -0.2) is 0 Å². The molecule has 0 aliphatic carbocycles. The second-order valence-corrected chi connectivity index (χ2v) is 4.76. The van der Waals surface area contributed by atoms with Gasteiger partial charge in [0.1, 0.15) is 5.75 Å². The fourth-order valence-electron chi connectivity index (χ4n) is 1.85. The van der Waals surface area contributed by atoms with Gasteiger partial charge in [-0.1, -0.05) is 31.2 Å². The molecule has 20 heavy (non-hydrogen) atoms. The molecule has 1 unspecified atom stereocenters. The Balaban J connectivity index is 2.19. The summed E-state index contributed by atoms with van der Waals surface area (Å²) in [5.41, 5.74) is 6.94. The van der Waals surface area contributed by atoms with Crippen molar-refractivity contribution < 1.29 is 9.47 Å². The van der Waals surface area contributed by atoms with Crippen LogP contribution in [0.5, 0.6) is 17.2 Å². The van der Waals surface area contributed by atoms with E-state index in [1.54, 1.807) is 0 Å². The van der Waals surface area contributed by atoms with Gasteiger partial charge in [0.05, 0.1) is 6.61 Å². The van der Waals surface area contributed by atoms with Crippen molar-refractivity contribution in [2.75, 3.05) is 6.61 Å². The zero-order chi connectivity index (χ0) is 14.4. The van der Waals surface area contributed by atoms with Gasteiger partial charge >= 0.3 is 0 Å². The van der Waals surface area contributed by atoms with Crippen LogP contribution in [0.4, 0.5) is 0 Å². The van der Waals surface area contributed by atoms with Crippen molar-refractivity contribution in [2.45, 2.75) is 26.3 Å². The number of para-hydroxylation sites is 2. The van der Waals surface area contributed by atoms with Crippen LogP contribution in [0.2, 0.25) is 0 Å². The normalized spacial score (nSPS) is 11.9. The van der Waals surface area contributed by atoms with Crippen molar-refractivity contribution in [2.24, 2.45) is 5.73 Å². The van der Waals surface area contributed by atoms with Crippen LogP contribution in [-0.4, -0.2) is 6.61 Å². The maximum absolute atomic E-state index is 5.92. The van der Waals surface area contributed by atoms with Crippen LogP contribution in [-0.2, 0) is 0 Å². The minimum atomic E-state index is -0.00913. The fraction of sp³-hybridized carbons (Fsp3) is 0.294. The van der Waals surface area contributed by atoms with E-state index in [2.05, 4.69) is 6.92 Å². The molecule has 0 saturated heterocycles. The second kappa shape index (κ2) is 6.96. The molecular weight excluding hydrogens is 250 g/mol. The van der Waals surface area contributed by atoms with Crippen molar-refractivity contribution in [3.63, 3.8) is 0 Å². The molecule has 0 heterocycles. The highest BCUT2D eigenvalue weighted by Crippen LogP contribution is 2.32. The molecule has 2 N–H and O–H groups in total. The standard InChI is InChI=1S/C17H21NO2/c1-3-11-19-16-9-4-5-10-17(16)20-15-8-6-7-14(12-15)13(2)18/h4-10,12-13H,3,11,18H2,1-2H3. The van der Waals surface area contributed by atoms with Crippen molar-refractivity contribution >= 4 is 0 Å². The monoisotopic (exact) mass is 271 g/mol. The molecule has 0 saturated carbocycles. The van der Waals surface area contributed by atoms with Crippen molar-refractivity contribution in [1.29, 1.82) is 0 Å². The Hall–Kier alpha value is -2.00. The molecule has 2 rings (SSSR count). The van der Waals surface area contributed by atoms with E-state index in [0.717, 1.165) is 29.2 Å². The summed E-state index contributed by atoms with van der Waals surface area (Å²) in [4.78, 5) is 0. The molecule has 1 atom stereocenters. The third kappa shape index (κ3) is 3.75. The Morgan fingerprint density at radius 1 is 1.05 bits per heavy atom. The summed E-state index contributed by atoms with van der Waals surface area (Å²) in [7, 11) is 0. The smallest absolute Gasteiger partial charge is 0.169 e. The van der Waals surface area contributed by atoms with Crippen molar-refractivity contribution in [3.8, 4) is 17.2 Å². The highest BCUT2D eigenvalue weighted by molar-refractivity contribution is 5.43. The first-order valence-electron chi connectivity index (χ1n) is 6.96. The quantitative estimate of drug-likeness (QED) is 0.852. The number of rotatable bonds is 6. The predicted molar refractivity (Wildman–Crippen MR) is 81.3 cm³/mol. The number of nitrogens with two attached hydrogens (primary N) is 1. The van der Waals surface area contributed by atoms with Crippen LogP contribution in [0, 0.1) is 0 Å². The van der Waals surface area contributed by atoms with E-state index >= 15 is 0 Å². The van der Waals surface area contributed by atoms with Gasteiger partial charge in [-0.2, -0.15) is 0 Å². The summed E-state index contributed by atoms with van der Waals surface area (Å²) in [6.45, 7) is 4.72. The lowest BCUT2D eigenvalue weighted by atomic mass is 10.1. The average molecular weight is 271 g/mol. The maximum Gasteiger partial charge on any atom is 0.169 e. The summed E-state index contributed by atoms with van der Waals surface area (Å²) in [6.07, 6.45) is 0.967. The van der Waals surface area contributed by atoms with Gasteiger partial charge in [-0.3, -0.25) is 0 Å². The summed E-state index contributed by atoms with van der Waals surface area (Å²) in [5, 5.41) is 0. The molecule has 0 aromatic heterocycles. The first-order chi connectivity index (χ1) is 9.70. The van der Waals surface area contributed by atoms with Crippen molar-refractivity contribution in [3.05, 3.63) is 54.1 Å². The van der Waals surface area contributed by atoms with Gasteiger partial charge in [0.25, 0.3) is 0 Å². The fourth-order valence-corrected chi connectivity index (χ4v) is 1.85. The van der Waals surface area contributed by atoms with Gasteiger partial charge in [0, 0.05) is 6.04 Å². The lowest BCUT2D eigenvalue weighted by Crippen LogP contribution is -2.04. The summed E-state index contributed by atoms with van der Waals surface area (Å²) in [6, 6.07) is 15.5. The van der Waals surface area contributed by atoms with Crippen LogP contribution >= 0.6 is 0 Å². The van der Waals surface area contributed by atoms with Crippen LogP contribution in [0.1, 0.15) is 31.9 Å². The number of hydrogen-bond donors (Lipinski definition) is 1. The molecule has 0 fully saturated rings. The highest BCUT2D eigenvalue weighted by atomic mass is 16.5. The van der Waals surface area contributed by atoms with Gasteiger partial charge in [0.15, 0.2) is 11.5 Å². The first kappa shape index (κ1) is 14.4. The molecule has 3 nitrogen and oxygen atoms in total. The lowest BCUT2D eigenvalue weighted by molar-refractivity contribution is 0.302. The number of hydrogen-bond acceptors (Lipinski definition) is 3. The molecule has 0 aliphatic rings. The average Bonchev–Trinajstić information content (AvgIpc) is 2.46. The van der Waals surface area contributed by atoms with Crippen LogP contribution in [0.3, 0.4) is 0 Å². The predicted octanol–water partition coefficient (Wildman–Crippen LogP) is 4.29. The van der Waals surface area contributed by atoms with E-state index in [0.29, 0.717) is 6.61 Å². The summed E-state index contributed by atoms with van der Waals surface area (Å²) in [5.74, 6) is 2.26. The van der Waals surface area contributed by atoms with E-state index in [1.165, 1.54) is 0 Å². The largest absolute Gasteiger partial charge is 0.490 e. The SMILES string of the molecule is CCCOc1ccccc1Oc1cccc(C(C)N)c1. The Kier molecular flexibility index (Phi) is 5.02. The molecule has 0 radical (unpaired) electrons. The Morgan fingerprint density at radius 2 is 1.80 bits per heavy atom. The molecule has 3 heteroatoms. The summed E-state index contributed by atoms with van der Waals surface area (Å²) >= 11 is 0. The highest BCUT2D eigenvalue weighted by Gasteiger charge is 2.07. The number of benzene rings is 2. The van der Waals surface area contributed by atoms with E-state index in [-0.39, 0.29) is 6.04 Å². The van der Waals surface area contributed by atoms with Crippen molar-refractivity contribution in [1.82, 2.24) is 0 Å². The Labute approximate surface area is 120 Å².